The normalized spacial score (nSPS) is 11.5. The molecular formula is C12H13F2N3O2. The molecule has 0 saturated heterocycles. The van der Waals surface area contributed by atoms with Gasteiger partial charge in [0.05, 0.1) is 19.2 Å². The topological polar surface area (TPSA) is 88.1 Å². The fourth-order valence-corrected chi connectivity index (χ4v) is 1.46. The second kappa shape index (κ2) is 6.66. The van der Waals surface area contributed by atoms with Gasteiger partial charge in [0.15, 0.2) is 0 Å². The number of nitrogens with two attached hydrogens (primary N) is 1. The van der Waals surface area contributed by atoms with Crippen molar-refractivity contribution in [1.82, 2.24) is 5.32 Å². The molecule has 1 aromatic rings. The number of nitrogens with zero attached hydrogens (tertiary/aromatic N) is 1. The Morgan fingerprint density at radius 2 is 2.11 bits per heavy atom. The molecule has 102 valence electrons. The van der Waals surface area contributed by atoms with Gasteiger partial charge >= 0.3 is 0 Å². The Bertz CT molecular complexity index is 491. The molecule has 0 aliphatic rings. The number of ether oxygens (including phenoxy) is 1. The zero-order valence-corrected chi connectivity index (χ0v) is 10.2. The van der Waals surface area contributed by atoms with E-state index < -0.39 is 23.6 Å². The Hall–Kier alpha value is -2.20. The smallest absolute Gasteiger partial charge is 0.238 e. The summed E-state index contributed by atoms with van der Waals surface area (Å²) in [7, 11) is 1.29. The highest BCUT2D eigenvalue weighted by molar-refractivity contribution is 5.82. The highest BCUT2D eigenvalue weighted by atomic mass is 19.1. The Balaban J connectivity index is 2.82. The van der Waals surface area contributed by atoms with E-state index in [1.807, 2.05) is 0 Å². The Kier molecular flexibility index (Phi) is 5.21. The maximum Gasteiger partial charge on any atom is 0.238 e. The number of rotatable bonds is 5. The van der Waals surface area contributed by atoms with E-state index in [-0.39, 0.29) is 24.3 Å². The van der Waals surface area contributed by atoms with Crippen LogP contribution >= 0.6 is 0 Å². The molecule has 0 aliphatic carbocycles. The van der Waals surface area contributed by atoms with Gasteiger partial charge < -0.3 is 15.8 Å². The molecule has 0 spiro atoms. The van der Waals surface area contributed by atoms with Crippen LogP contribution in [0.25, 0.3) is 0 Å². The molecule has 1 aromatic carbocycles. The van der Waals surface area contributed by atoms with Crippen molar-refractivity contribution in [3.63, 3.8) is 0 Å². The molecule has 1 amide bonds. The number of benzene rings is 1. The van der Waals surface area contributed by atoms with Crippen molar-refractivity contribution in [3.05, 3.63) is 29.3 Å². The van der Waals surface area contributed by atoms with Crippen molar-refractivity contribution in [2.75, 3.05) is 13.7 Å². The monoisotopic (exact) mass is 269 g/mol. The number of hydrogen-bond donors (Lipinski definition) is 2. The molecule has 3 N–H and O–H groups in total. The highest BCUT2D eigenvalue weighted by Crippen LogP contribution is 2.21. The van der Waals surface area contributed by atoms with Crippen LogP contribution in [0.1, 0.15) is 5.56 Å². The van der Waals surface area contributed by atoms with E-state index in [1.165, 1.54) is 7.11 Å². The number of halogens is 2. The van der Waals surface area contributed by atoms with Gasteiger partial charge in [-0.05, 0) is 0 Å². The lowest BCUT2D eigenvalue weighted by Gasteiger charge is -2.12. The average Bonchev–Trinajstić information content (AvgIpc) is 2.39. The van der Waals surface area contributed by atoms with Crippen LogP contribution in [0, 0.1) is 23.0 Å². The van der Waals surface area contributed by atoms with Crippen molar-refractivity contribution >= 4 is 5.91 Å². The lowest BCUT2D eigenvalue weighted by Crippen LogP contribution is -2.42. The molecule has 1 rings (SSSR count). The van der Waals surface area contributed by atoms with Crippen molar-refractivity contribution in [2.45, 2.75) is 12.5 Å². The quantitative estimate of drug-likeness (QED) is 0.761. The minimum absolute atomic E-state index is 0.0428. The van der Waals surface area contributed by atoms with Crippen molar-refractivity contribution < 1.29 is 18.3 Å². The summed E-state index contributed by atoms with van der Waals surface area (Å²) in [5.41, 5.74) is 5.22. The third-order valence-corrected chi connectivity index (χ3v) is 2.45. The molecule has 0 fully saturated rings. The molecule has 0 saturated carbocycles. The second-order valence-electron chi connectivity index (χ2n) is 3.76. The fourth-order valence-electron chi connectivity index (χ4n) is 1.46. The first-order valence-electron chi connectivity index (χ1n) is 5.41. The maximum atomic E-state index is 13.6. The van der Waals surface area contributed by atoms with Crippen LogP contribution in [0.15, 0.2) is 12.1 Å². The summed E-state index contributed by atoms with van der Waals surface area (Å²) in [4.78, 5) is 11.4. The van der Waals surface area contributed by atoms with Crippen molar-refractivity contribution in [3.8, 4) is 11.8 Å². The third-order valence-electron chi connectivity index (χ3n) is 2.45. The first kappa shape index (κ1) is 14.9. The summed E-state index contributed by atoms with van der Waals surface area (Å²) < 4.78 is 31.9. The molecule has 0 radical (unpaired) electrons. The molecule has 0 aromatic heterocycles. The summed E-state index contributed by atoms with van der Waals surface area (Å²) in [5.74, 6) is -2.27. The SMILES string of the molecule is COc1cc(F)c(C[C@H](N)C(=O)NCC#N)c(F)c1. The highest BCUT2D eigenvalue weighted by Gasteiger charge is 2.19. The van der Waals surface area contributed by atoms with Gasteiger partial charge in [-0.25, -0.2) is 8.78 Å². The van der Waals surface area contributed by atoms with E-state index >= 15 is 0 Å². The van der Waals surface area contributed by atoms with Crippen LogP contribution in [0.4, 0.5) is 8.78 Å². The standard InChI is InChI=1S/C12H13F2N3O2/c1-19-7-4-9(13)8(10(14)5-7)6-11(16)12(18)17-3-2-15/h4-5,11H,3,6,16H2,1H3,(H,17,18)/t11-/m0/s1. The Morgan fingerprint density at radius 3 is 2.58 bits per heavy atom. The molecule has 0 bridgehead atoms. The number of carbonyl (C=O) groups excluding carboxylic acids is 1. The second-order valence-corrected chi connectivity index (χ2v) is 3.76. The third kappa shape index (κ3) is 3.89. The van der Waals surface area contributed by atoms with Gasteiger partial charge in [0.2, 0.25) is 5.91 Å². The van der Waals surface area contributed by atoms with E-state index in [0.717, 1.165) is 12.1 Å². The van der Waals surface area contributed by atoms with Crippen molar-refractivity contribution in [1.29, 1.82) is 5.26 Å². The summed E-state index contributed by atoms with van der Waals surface area (Å²) in [6.45, 7) is -0.208. The summed E-state index contributed by atoms with van der Waals surface area (Å²) >= 11 is 0. The summed E-state index contributed by atoms with van der Waals surface area (Å²) in [5, 5.41) is 10.5. The van der Waals surface area contributed by atoms with E-state index in [9.17, 15) is 13.6 Å². The molecule has 5 nitrogen and oxygen atoms in total. The Labute approximate surface area is 109 Å². The van der Waals surface area contributed by atoms with Crippen LogP contribution in [-0.4, -0.2) is 25.6 Å². The largest absolute Gasteiger partial charge is 0.497 e. The van der Waals surface area contributed by atoms with Gasteiger partial charge in [-0.2, -0.15) is 5.26 Å². The number of methoxy groups -OCH3 is 1. The first-order valence-corrected chi connectivity index (χ1v) is 5.41. The van der Waals surface area contributed by atoms with Gasteiger partial charge in [-0.3, -0.25) is 4.79 Å². The number of nitriles is 1. The van der Waals surface area contributed by atoms with Gasteiger partial charge in [0.25, 0.3) is 0 Å². The minimum atomic E-state index is -1.13. The van der Waals surface area contributed by atoms with E-state index in [1.54, 1.807) is 6.07 Å². The summed E-state index contributed by atoms with van der Waals surface area (Å²) in [6.07, 6.45) is -0.307. The van der Waals surface area contributed by atoms with Crippen LogP contribution in [0.3, 0.4) is 0 Å². The predicted molar refractivity (Wildman–Crippen MR) is 63.2 cm³/mol. The molecule has 0 unspecified atom stereocenters. The lowest BCUT2D eigenvalue weighted by molar-refractivity contribution is -0.122. The fraction of sp³-hybridized carbons (Fsp3) is 0.333. The van der Waals surface area contributed by atoms with Crippen LogP contribution in [-0.2, 0) is 11.2 Å². The number of carbonyl (C=O) groups is 1. The van der Waals surface area contributed by atoms with Crippen LogP contribution < -0.4 is 15.8 Å². The first-order chi connectivity index (χ1) is 8.99. The van der Waals surface area contributed by atoms with E-state index in [2.05, 4.69) is 5.32 Å². The number of amides is 1. The zero-order valence-electron chi connectivity index (χ0n) is 10.2. The number of nitrogens with one attached hydrogen (secondary N) is 1. The molecule has 1 atom stereocenters. The Morgan fingerprint density at radius 1 is 1.53 bits per heavy atom. The van der Waals surface area contributed by atoms with Gasteiger partial charge in [0, 0.05) is 24.1 Å². The molecule has 7 heteroatoms. The van der Waals surface area contributed by atoms with Gasteiger partial charge in [0.1, 0.15) is 23.9 Å². The molecule has 0 heterocycles. The lowest BCUT2D eigenvalue weighted by atomic mass is 10.0. The maximum absolute atomic E-state index is 13.6. The number of hydrogen-bond acceptors (Lipinski definition) is 4. The minimum Gasteiger partial charge on any atom is -0.497 e. The average molecular weight is 269 g/mol. The van der Waals surface area contributed by atoms with Crippen molar-refractivity contribution in [2.24, 2.45) is 5.73 Å². The molecular weight excluding hydrogens is 256 g/mol. The summed E-state index contributed by atoms with van der Waals surface area (Å²) in [6, 6.07) is 2.59. The molecule has 19 heavy (non-hydrogen) atoms. The van der Waals surface area contributed by atoms with Gasteiger partial charge in [-0.15, -0.1) is 0 Å². The molecule has 0 aliphatic heterocycles. The predicted octanol–water partition coefficient (Wildman–Crippen LogP) is 0.483. The van der Waals surface area contributed by atoms with E-state index in [0.29, 0.717) is 0 Å². The van der Waals surface area contributed by atoms with Gasteiger partial charge in [-0.1, -0.05) is 0 Å². The van der Waals surface area contributed by atoms with E-state index in [4.69, 9.17) is 15.7 Å². The van der Waals surface area contributed by atoms with Crippen LogP contribution in [0.5, 0.6) is 5.75 Å². The van der Waals surface area contributed by atoms with Crippen LogP contribution in [0.2, 0.25) is 0 Å². The zero-order chi connectivity index (χ0) is 14.4.